The summed E-state index contributed by atoms with van der Waals surface area (Å²) in [5, 5.41) is 9.98. The number of rotatable bonds is 4. The quantitative estimate of drug-likeness (QED) is 0.812. The molecule has 17 heavy (non-hydrogen) atoms. The molecule has 1 aromatic rings. The summed E-state index contributed by atoms with van der Waals surface area (Å²) in [5.74, 6) is 0.190. The molecule has 0 radical (unpaired) electrons. The molecule has 0 amide bonds. The number of unbranched alkanes of at least 4 members (excludes halogenated alkanes) is 2. The molecule has 2 nitrogen and oxygen atoms in total. The Balaban J connectivity index is 2.04. The van der Waals surface area contributed by atoms with E-state index in [9.17, 15) is 9.50 Å². The molecule has 1 N–H and O–H groups in total. The standard InChI is InChI=1S/C14H19FO2/c1-2-3-4-5-11-9-13(16)12-7-6-10(15)8-14(12)17-11/h6-8,11,13,16H,2-5,9H2,1H3. The summed E-state index contributed by atoms with van der Waals surface area (Å²) in [7, 11) is 0. The van der Waals surface area contributed by atoms with Crippen LogP contribution < -0.4 is 4.74 Å². The predicted octanol–water partition coefficient (Wildman–Crippen LogP) is 3.59. The van der Waals surface area contributed by atoms with E-state index in [1.165, 1.54) is 25.0 Å². The number of ether oxygens (including phenoxy) is 1. The minimum absolute atomic E-state index is 0.0193. The highest BCUT2D eigenvalue weighted by Gasteiger charge is 2.26. The minimum atomic E-state index is -0.522. The number of aliphatic hydroxyl groups is 1. The van der Waals surface area contributed by atoms with Crippen molar-refractivity contribution >= 4 is 0 Å². The fraction of sp³-hybridized carbons (Fsp3) is 0.571. The first-order valence-corrected chi connectivity index (χ1v) is 6.35. The molecule has 0 spiro atoms. The van der Waals surface area contributed by atoms with Crippen LogP contribution in [0.25, 0.3) is 0 Å². The second-order valence-electron chi connectivity index (χ2n) is 4.67. The molecule has 2 atom stereocenters. The smallest absolute Gasteiger partial charge is 0.128 e. The van der Waals surface area contributed by atoms with Crippen molar-refractivity contribution in [3.05, 3.63) is 29.6 Å². The summed E-state index contributed by atoms with van der Waals surface area (Å²) >= 11 is 0. The summed E-state index contributed by atoms with van der Waals surface area (Å²) in [4.78, 5) is 0. The molecule has 0 aromatic heterocycles. The van der Waals surface area contributed by atoms with Gasteiger partial charge in [-0.15, -0.1) is 0 Å². The molecule has 0 saturated carbocycles. The van der Waals surface area contributed by atoms with Gasteiger partial charge in [-0.1, -0.05) is 19.8 Å². The van der Waals surface area contributed by atoms with E-state index in [-0.39, 0.29) is 11.9 Å². The number of fused-ring (bicyclic) bond motifs is 1. The van der Waals surface area contributed by atoms with Gasteiger partial charge in [0.15, 0.2) is 0 Å². The molecule has 3 heteroatoms. The van der Waals surface area contributed by atoms with Crippen molar-refractivity contribution in [1.29, 1.82) is 0 Å². The van der Waals surface area contributed by atoms with Gasteiger partial charge < -0.3 is 9.84 Å². The van der Waals surface area contributed by atoms with Crippen molar-refractivity contribution in [2.75, 3.05) is 0 Å². The van der Waals surface area contributed by atoms with E-state index in [1.54, 1.807) is 6.07 Å². The van der Waals surface area contributed by atoms with Crippen LogP contribution in [0.4, 0.5) is 4.39 Å². The lowest BCUT2D eigenvalue weighted by Gasteiger charge is -2.29. The van der Waals surface area contributed by atoms with E-state index in [0.29, 0.717) is 17.7 Å². The molecular formula is C14H19FO2. The molecular weight excluding hydrogens is 219 g/mol. The lowest BCUT2D eigenvalue weighted by atomic mass is 9.96. The summed E-state index contributed by atoms with van der Waals surface area (Å²) in [6.45, 7) is 2.15. The lowest BCUT2D eigenvalue weighted by Crippen LogP contribution is -2.25. The van der Waals surface area contributed by atoms with Crippen LogP contribution in [-0.2, 0) is 0 Å². The third kappa shape index (κ3) is 2.97. The molecule has 0 fully saturated rings. The zero-order valence-corrected chi connectivity index (χ0v) is 10.2. The van der Waals surface area contributed by atoms with Gasteiger partial charge >= 0.3 is 0 Å². The fourth-order valence-corrected chi connectivity index (χ4v) is 2.29. The van der Waals surface area contributed by atoms with Crippen molar-refractivity contribution in [2.24, 2.45) is 0 Å². The highest BCUT2D eigenvalue weighted by molar-refractivity contribution is 5.37. The SMILES string of the molecule is CCCCCC1CC(O)c2ccc(F)cc2O1. The highest BCUT2D eigenvalue weighted by atomic mass is 19.1. The first-order chi connectivity index (χ1) is 8.20. The maximum absolute atomic E-state index is 13.1. The molecule has 2 rings (SSSR count). The van der Waals surface area contributed by atoms with Crippen LogP contribution in [0.3, 0.4) is 0 Å². The van der Waals surface area contributed by atoms with Gasteiger partial charge in [-0.05, 0) is 25.0 Å². The van der Waals surface area contributed by atoms with Crippen molar-refractivity contribution in [2.45, 2.75) is 51.2 Å². The molecule has 94 valence electrons. The first kappa shape index (κ1) is 12.4. The van der Waals surface area contributed by atoms with Gasteiger partial charge in [-0.3, -0.25) is 0 Å². The van der Waals surface area contributed by atoms with Gasteiger partial charge in [0.25, 0.3) is 0 Å². The average molecular weight is 238 g/mol. The van der Waals surface area contributed by atoms with Crippen LogP contribution in [-0.4, -0.2) is 11.2 Å². The summed E-state index contributed by atoms with van der Waals surface area (Å²) in [5.41, 5.74) is 0.707. The summed E-state index contributed by atoms with van der Waals surface area (Å²) in [6.07, 6.45) is 4.48. The molecule has 1 aliphatic rings. The van der Waals surface area contributed by atoms with Crippen molar-refractivity contribution < 1.29 is 14.2 Å². The molecule has 1 heterocycles. The zero-order chi connectivity index (χ0) is 12.3. The molecule has 0 aliphatic carbocycles. The van der Waals surface area contributed by atoms with Gasteiger partial charge in [0, 0.05) is 18.1 Å². The Hall–Kier alpha value is -1.09. The van der Waals surface area contributed by atoms with E-state index in [1.807, 2.05) is 0 Å². The van der Waals surface area contributed by atoms with Gasteiger partial charge in [-0.25, -0.2) is 4.39 Å². The second-order valence-corrected chi connectivity index (χ2v) is 4.67. The van der Waals surface area contributed by atoms with Gasteiger partial charge in [-0.2, -0.15) is 0 Å². The number of halogens is 1. The maximum atomic E-state index is 13.1. The Labute approximate surface area is 101 Å². The monoisotopic (exact) mass is 238 g/mol. The van der Waals surface area contributed by atoms with E-state index in [0.717, 1.165) is 12.8 Å². The second kappa shape index (κ2) is 5.50. The van der Waals surface area contributed by atoms with E-state index in [2.05, 4.69) is 6.92 Å². The Kier molecular flexibility index (Phi) is 4.00. The fourth-order valence-electron chi connectivity index (χ4n) is 2.29. The molecule has 1 aliphatic heterocycles. The van der Waals surface area contributed by atoms with Crippen LogP contribution in [0.5, 0.6) is 5.75 Å². The van der Waals surface area contributed by atoms with Crippen molar-refractivity contribution in [1.82, 2.24) is 0 Å². The van der Waals surface area contributed by atoms with Gasteiger partial charge in [0.2, 0.25) is 0 Å². The Bertz CT molecular complexity index is 378. The number of benzene rings is 1. The van der Waals surface area contributed by atoms with E-state index in [4.69, 9.17) is 4.74 Å². The Morgan fingerprint density at radius 3 is 3.00 bits per heavy atom. The van der Waals surface area contributed by atoms with Crippen molar-refractivity contribution in [3.63, 3.8) is 0 Å². The number of hydrogen-bond donors (Lipinski definition) is 1. The largest absolute Gasteiger partial charge is 0.490 e. The Morgan fingerprint density at radius 2 is 2.24 bits per heavy atom. The molecule has 1 aromatic carbocycles. The van der Waals surface area contributed by atoms with Gasteiger partial charge in [0.05, 0.1) is 6.10 Å². The third-order valence-corrected chi connectivity index (χ3v) is 3.24. The van der Waals surface area contributed by atoms with Crippen LogP contribution in [0.15, 0.2) is 18.2 Å². The molecule has 2 unspecified atom stereocenters. The predicted molar refractivity (Wildman–Crippen MR) is 64.5 cm³/mol. The van der Waals surface area contributed by atoms with Crippen LogP contribution in [0.2, 0.25) is 0 Å². The van der Waals surface area contributed by atoms with Crippen LogP contribution >= 0.6 is 0 Å². The molecule has 0 saturated heterocycles. The minimum Gasteiger partial charge on any atom is -0.490 e. The van der Waals surface area contributed by atoms with E-state index < -0.39 is 6.10 Å². The van der Waals surface area contributed by atoms with Crippen LogP contribution in [0.1, 0.15) is 50.7 Å². The maximum Gasteiger partial charge on any atom is 0.128 e. The zero-order valence-electron chi connectivity index (χ0n) is 10.2. The highest BCUT2D eigenvalue weighted by Crippen LogP contribution is 2.36. The topological polar surface area (TPSA) is 29.5 Å². The van der Waals surface area contributed by atoms with Gasteiger partial charge in [0.1, 0.15) is 17.7 Å². The van der Waals surface area contributed by atoms with Crippen LogP contribution in [0, 0.1) is 5.82 Å². The first-order valence-electron chi connectivity index (χ1n) is 6.35. The summed E-state index contributed by atoms with van der Waals surface area (Å²) in [6, 6.07) is 4.34. The normalized spacial score (nSPS) is 23.0. The average Bonchev–Trinajstić information content (AvgIpc) is 2.28. The number of hydrogen-bond acceptors (Lipinski definition) is 2. The molecule has 0 bridgehead atoms. The third-order valence-electron chi connectivity index (χ3n) is 3.24. The Morgan fingerprint density at radius 1 is 1.41 bits per heavy atom. The van der Waals surface area contributed by atoms with E-state index >= 15 is 0 Å². The van der Waals surface area contributed by atoms with Crippen molar-refractivity contribution in [3.8, 4) is 5.75 Å². The number of aliphatic hydroxyl groups excluding tert-OH is 1. The summed E-state index contributed by atoms with van der Waals surface area (Å²) < 4.78 is 18.8. The lowest BCUT2D eigenvalue weighted by molar-refractivity contribution is 0.0602.